The minimum Gasteiger partial charge on any atom is -0.493 e. The van der Waals surface area contributed by atoms with Gasteiger partial charge in [0.2, 0.25) is 21.5 Å². The van der Waals surface area contributed by atoms with Gasteiger partial charge in [-0.1, -0.05) is 6.42 Å². The number of hydrogen-bond donors (Lipinski definition) is 1. The zero-order valence-corrected chi connectivity index (χ0v) is 19.3. The summed E-state index contributed by atoms with van der Waals surface area (Å²) >= 11 is 0. The molecule has 1 heterocycles. The number of sulfonamides is 1. The number of nitro groups is 1. The predicted molar refractivity (Wildman–Crippen MR) is 120 cm³/mol. The van der Waals surface area contributed by atoms with Crippen LogP contribution in [0.1, 0.15) is 29.6 Å². The summed E-state index contributed by atoms with van der Waals surface area (Å²) in [4.78, 5) is 24.0. The zero-order valence-electron chi connectivity index (χ0n) is 18.5. The second kappa shape index (κ2) is 10.0. The molecule has 0 radical (unpaired) electrons. The first-order valence-electron chi connectivity index (χ1n) is 10.1. The molecule has 1 saturated heterocycles. The van der Waals surface area contributed by atoms with Crippen LogP contribution in [0.4, 0.5) is 11.4 Å². The molecule has 0 atom stereocenters. The van der Waals surface area contributed by atoms with Crippen molar-refractivity contribution >= 4 is 27.3 Å². The van der Waals surface area contributed by atoms with Crippen molar-refractivity contribution < 1.29 is 32.3 Å². The highest BCUT2D eigenvalue weighted by Gasteiger charge is 2.32. The summed E-state index contributed by atoms with van der Waals surface area (Å²) < 4.78 is 42.5. The van der Waals surface area contributed by atoms with Crippen LogP contribution >= 0.6 is 0 Å². The van der Waals surface area contributed by atoms with Gasteiger partial charge in [0.1, 0.15) is 5.56 Å². The van der Waals surface area contributed by atoms with E-state index >= 15 is 0 Å². The van der Waals surface area contributed by atoms with Crippen molar-refractivity contribution in [3.63, 3.8) is 0 Å². The molecule has 33 heavy (non-hydrogen) atoms. The van der Waals surface area contributed by atoms with Crippen LogP contribution in [0.25, 0.3) is 0 Å². The van der Waals surface area contributed by atoms with Crippen LogP contribution in [0.3, 0.4) is 0 Å². The van der Waals surface area contributed by atoms with Gasteiger partial charge in [-0.3, -0.25) is 14.9 Å². The molecule has 2 aromatic rings. The first-order valence-corrected chi connectivity index (χ1v) is 11.6. The number of piperidine rings is 1. The predicted octanol–water partition coefficient (Wildman–Crippen LogP) is 3.05. The normalized spacial score (nSPS) is 14.4. The maximum Gasteiger partial charge on any atom is 0.327 e. The number of carbonyl (C=O) groups is 1. The van der Waals surface area contributed by atoms with E-state index in [1.165, 1.54) is 56.0 Å². The summed E-state index contributed by atoms with van der Waals surface area (Å²) in [6.45, 7) is 0.956. The maximum atomic E-state index is 12.9. The van der Waals surface area contributed by atoms with E-state index in [0.29, 0.717) is 13.1 Å². The number of rotatable bonds is 8. The van der Waals surface area contributed by atoms with Crippen LogP contribution in [0.2, 0.25) is 0 Å². The summed E-state index contributed by atoms with van der Waals surface area (Å²) in [6, 6.07) is 6.83. The molecule has 11 nitrogen and oxygen atoms in total. The van der Waals surface area contributed by atoms with E-state index in [0.717, 1.165) is 19.3 Å². The second-order valence-electron chi connectivity index (χ2n) is 7.24. The largest absolute Gasteiger partial charge is 0.493 e. The Morgan fingerprint density at radius 3 is 2.12 bits per heavy atom. The number of ether oxygens (including phenoxy) is 3. The second-order valence-corrected chi connectivity index (χ2v) is 9.18. The molecular formula is C21H25N3O8S. The van der Waals surface area contributed by atoms with Gasteiger partial charge in [-0.2, -0.15) is 4.31 Å². The first-order chi connectivity index (χ1) is 15.7. The standard InChI is InChI=1S/C21H25N3O8S/c1-30-17-13-16(18(24(26)27)20(32-3)19(17)31-2)21(25)22-14-7-9-15(10-8-14)33(28,29)23-11-5-4-6-12-23/h7-10,13H,4-6,11-12H2,1-3H3,(H,22,25). The molecule has 0 unspecified atom stereocenters. The van der Waals surface area contributed by atoms with Gasteiger partial charge in [0, 0.05) is 24.8 Å². The van der Waals surface area contributed by atoms with Gasteiger partial charge in [-0.25, -0.2) is 8.42 Å². The van der Waals surface area contributed by atoms with Crippen LogP contribution in [-0.2, 0) is 10.0 Å². The summed E-state index contributed by atoms with van der Waals surface area (Å²) in [7, 11) is 0.218. The van der Waals surface area contributed by atoms with Gasteiger partial charge in [0.05, 0.1) is 31.1 Å². The Morgan fingerprint density at radius 1 is 1.00 bits per heavy atom. The summed E-state index contributed by atoms with van der Waals surface area (Å²) in [5.74, 6) is -0.994. The van der Waals surface area contributed by atoms with Gasteiger partial charge in [-0.05, 0) is 37.1 Å². The maximum absolute atomic E-state index is 12.9. The molecular weight excluding hydrogens is 454 g/mol. The fraction of sp³-hybridized carbons (Fsp3) is 0.381. The van der Waals surface area contributed by atoms with Crippen LogP contribution in [0, 0.1) is 10.1 Å². The minimum absolute atomic E-state index is 0.0180. The SMILES string of the molecule is COc1cc(C(=O)Nc2ccc(S(=O)(=O)N3CCCCC3)cc2)c([N+](=O)[O-])c(OC)c1OC. The molecule has 0 saturated carbocycles. The van der Waals surface area contributed by atoms with Crippen molar-refractivity contribution in [2.24, 2.45) is 0 Å². The van der Waals surface area contributed by atoms with E-state index in [2.05, 4.69) is 5.32 Å². The van der Waals surface area contributed by atoms with Crippen LogP contribution < -0.4 is 19.5 Å². The quantitative estimate of drug-likeness (QED) is 0.450. The smallest absolute Gasteiger partial charge is 0.327 e. The molecule has 1 fully saturated rings. The van der Waals surface area contributed by atoms with Crippen molar-refractivity contribution in [1.82, 2.24) is 4.31 Å². The number of carbonyl (C=O) groups excluding carboxylic acids is 1. The van der Waals surface area contributed by atoms with Gasteiger partial charge in [0.25, 0.3) is 5.91 Å². The van der Waals surface area contributed by atoms with Crippen molar-refractivity contribution in [3.05, 3.63) is 46.0 Å². The van der Waals surface area contributed by atoms with Crippen LogP contribution in [-0.4, -0.2) is 58.0 Å². The average molecular weight is 480 g/mol. The lowest BCUT2D eigenvalue weighted by Gasteiger charge is -2.25. The van der Waals surface area contributed by atoms with Crippen molar-refractivity contribution in [2.45, 2.75) is 24.2 Å². The van der Waals surface area contributed by atoms with Crippen molar-refractivity contribution in [1.29, 1.82) is 0 Å². The van der Waals surface area contributed by atoms with Crippen molar-refractivity contribution in [3.8, 4) is 17.2 Å². The molecule has 12 heteroatoms. The zero-order chi connectivity index (χ0) is 24.2. The Balaban J connectivity index is 1.90. The monoisotopic (exact) mass is 479 g/mol. The van der Waals surface area contributed by atoms with E-state index in [4.69, 9.17) is 14.2 Å². The lowest BCUT2D eigenvalue weighted by atomic mass is 10.1. The highest BCUT2D eigenvalue weighted by molar-refractivity contribution is 7.89. The minimum atomic E-state index is -3.62. The van der Waals surface area contributed by atoms with Crippen LogP contribution in [0.5, 0.6) is 17.2 Å². The Labute approximate surface area is 191 Å². The number of anilines is 1. The molecule has 1 N–H and O–H groups in total. The Hall–Kier alpha value is -3.38. The number of hydrogen-bond acceptors (Lipinski definition) is 8. The molecule has 0 bridgehead atoms. The Morgan fingerprint density at radius 2 is 1.61 bits per heavy atom. The Kier molecular flexibility index (Phi) is 7.39. The lowest BCUT2D eigenvalue weighted by Crippen LogP contribution is -2.35. The molecule has 3 rings (SSSR count). The molecule has 178 valence electrons. The number of benzene rings is 2. The number of nitrogens with zero attached hydrogens (tertiary/aromatic N) is 2. The molecule has 1 aliphatic heterocycles. The lowest BCUT2D eigenvalue weighted by molar-refractivity contribution is -0.386. The highest BCUT2D eigenvalue weighted by atomic mass is 32.2. The number of nitrogens with one attached hydrogen (secondary N) is 1. The van der Waals surface area contributed by atoms with E-state index in [-0.39, 0.29) is 33.4 Å². The highest BCUT2D eigenvalue weighted by Crippen LogP contribution is 2.46. The van der Waals surface area contributed by atoms with E-state index in [9.17, 15) is 23.3 Å². The fourth-order valence-corrected chi connectivity index (χ4v) is 5.18. The fourth-order valence-electron chi connectivity index (χ4n) is 3.66. The molecule has 1 aliphatic rings. The van der Waals surface area contributed by atoms with Gasteiger partial charge in [-0.15, -0.1) is 0 Å². The number of amides is 1. The third kappa shape index (κ3) is 4.86. The average Bonchev–Trinajstić information content (AvgIpc) is 2.83. The summed E-state index contributed by atoms with van der Waals surface area (Å²) in [6.07, 6.45) is 2.64. The Bertz CT molecular complexity index is 1140. The van der Waals surface area contributed by atoms with E-state index in [1.807, 2.05) is 0 Å². The summed E-state index contributed by atoms with van der Waals surface area (Å²) in [5, 5.41) is 14.3. The topological polar surface area (TPSA) is 137 Å². The first kappa shape index (κ1) is 24.3. The number of nitro benzene ring substituents is 1. The molecule has 0 spiro atoms. The van der Waals surface area contributed by atoms with Crippen molar-refractivity contribution in [2.75, 3.05) is 39.7 Å². The molecule has 0 aliphatic carbocycles. The third-order valence-corrected chi connectivity index (χ3v) is 7.21. The van der Waals surface area contributed by atoms with Gasteiger partial charge < -0.3 is 19.5 Å². The van der Waals surface area contributed by atoms with Gasteiger partial charge in [0.15, 0.2) is 5.75 Å². The number of methoxy groups -OCH3 is 3. The third-order valence-electron chi connectivity index (χ3n) is 5.30. The summed E-state index contributed by atoms with van der Waals surface area (Å²) in [5.41, 5.74) is -0.628. The molecule has 1 amide bonds. The van der Waals surface area contributed by atoms with Gasteiger partial charge >= 0.3 is 5.69 Å². The van der Waals surface area contributed by atoms with E-state index in [1.54, 1.807) is 0 Å². The molecule has 2 aromatic carbocycles. The van der Waals surface area contributed by atoms with E-state index < -0.39 is 26.5 Å². The van der Waals surface area contributed by atoms with Crippen LogP contribution in [0.15, 0.2) is 35.2 Å². The molecule has 0 aromatic heterocycles.